The molecule has 1 aromatic heterocycles. The van der Waals surface area contributed by atoms with Gasteiger partial charge in [0.1, 0.15) is 0 Å². The molecule has 0 aliphatic heterocycles. The molecule has 0 saturated carbocycles. The van der Waals surface area contributed by atoms with Gasteiger partial charge in [-0.2, -0.15) is 5.10 Å². The minimum atomic E-state index is -0.0783. The molecule has 7 heteroatoms. The van der Waals surface area contributed by atoms with Crippen LogP contribution in [0.3, 0.4) is 0 Å². The van der Waals surface area contributed by atoms with Crippen LogP contribution in [-0.4, -0.2) is 23.4 Å². The first-order valence-electron chi connectivity index (χ1n) is 5.81. The number of aromatic nitrogens is 1. The lowest BCUT2D eigenvalue weighted by Crippen LogP contribution is -1.92. The zero-order chi connectivity index (χ0) is 14.7. The number of nitrogens with zero attached hydrogens (tertiary/aromatic N) is 2. The van der Waals surface area contributed by atoms with Crippen LogP contribution >= 0.6 is 22.9 Å². The maximum absolute atomic E-state index is 9.63. The van der Waals surface area contributed by atoms with E-state index < -0.39 is 0 Å². The Bertz CT molecular complexity index is 636. The summed E-state index contributed by atoms with van der Waals surface area (Å²) in [6, 6.07) is 3.24. The molecule has 106 valence electrons. The maximum Gasteiger partial charge on any atom is 0.203 e. The normalized spacial score (nSPS) is 11.0. The summed E-state index contributed by atoms with van der Waals surface area (Å²) in [6.45, 7) is 3.96. The molecule has 0 fully saturated rings. The molecule has 0 saturated heterocycles. The number of rotatable bonds is 4. The van der Waals surface area contributed by atoms with Crippen LogP contribution in [0.15, 0.2) is 17.2 Å². The van der Waals surface area contributed by atoms with Crippen molar-refractivity contribution in [2.24, 2.45) is 5.10 Å². The van der Waals surface area contributed by atoms with Gasteiger partial charge in [-0.25, -0.2) is 4.98 Å². The SMILES string of the molecule is COc1cc(/C=N\Nc2nc(C)c(C)s2)cc(Cl)c1O. The third-order valence-corrected chi connectivity index (χ3v) is 3.94. The molecule has 0 amide bonds. The number of anilines is 1. The minimum absolute atomic E-state index is 0.0783. The Balaban J connectivity index is 2.13. The van der Waals surface area contributed by atoms with E-state index in [1.54, 1.807) is 18.3 Å². The zero-order valence-corrected chi connectivity index (χ0v) is 12.8. The number of hydrogen-bond donors (Lipinski definition) is 2. The topological polar surface area (TPSA) is 66.7 Å². The van der Waals surface area contributed by atoms with Gasteiger partial charge in [0.25, 0.3) is 0 Å². The average molecular weight is 312 g/mol. The van der Waals surface area contributed by atoms with Gasteiger partial charge in [-0.15, -0.1) is 11.3 Å². The lowest BCUT2D eigenvalue weighted by Gasteiger charge is -2.05. The number of methoxy groups -OCH3 is 1. The van der Waals surface area contributed by atoms with E-state index in [1.807, 2.05) is 13.8 Å². The quantitative estimate of drug-likeness (QED) is 0.669. The number of ether oxygens (including phenoxy) is 1. The highest BCUT2D eigenvalue weighted by Crippen LogP contribution is 2.34. The second kappa shape index (κ2) is 6.11. The maximum atomic E-state index is 9.63. The summed E-state index contributed by atoms with van der Waals surface area (Å²) in [5.74, 6) is 0.227. The van der Waals surface area contributed by atoms with Crippen molar-refractivity contribution in [3.63, 3.8) is 0 Å². The van der Waals surface area contributed by atoms with E-state index in [0.29, 0.717) is 11.3 Å². The number of halogens is 1. The molecule has 1 heterocycles. The third kappa shape index (κ3) is 3.20. The van der Waals surface area contributed by atoms with Crippen molar-refractivity contribution < 1.29 is 9.84 Å². The molecule has 1 aromatic carbocycles. The Hall–Kier alpha value is -1.79. The van der Waals surface area contributed by atoms with Gasteiger partial charge in [0.15, 0.2) is 11.5 Å². The first-order chi connectivity index (χ1) is 9.51. The highest BCUT2D eigenvalue weighted by molar-refractivity contribution is 7.15. The van der Waals surface area contributed by atoms with Gasteiger partial charge in [-0.05, 0) is 31.5 Å². The van der Waals surface area contributed by atoms with Crippen LogP contribution in [0.1, 0.15) is 16.1 Å². The predicted octanol–water partition coefficient (Wildman–Crippen LogP) is 3.57. The molecule has 2 N–H and O–H groups in total. The highest BCUT2D eigenvalue weighted by Gasteiger charge is 2.08. The van der Waals surface area contributed by atoms with Crippen molar-refractivity contribution in [3.05, 3.63) is 33.3 Å². The minimum Gasteiger partial charge on any atom is -0.503 e. The van der Waals surface area contributed by atoms with Gasteiger partial charge in [0.05, 0.1) is 24.0 Å². The van der Waals surface area contributed by atoms with Crippen molar-refractivity contribution in [2.45, 2.75) is 13.8 Å². The Kier molecular flexibility index (Phi) is 4.46. The van der Waals surface area contributed by atoms with Gasteiger partial charge in [-0.1, -0.05) is 11.6 Å². The third-order valence-electron chi connectivity index (χ3n) is 2.67. The van der Waals surface area contributed by atoms with Gasteiger partial charge >= 0.3 is 0 Å². The fourth-order valence-corrected chi connectivity index (χ4v) is 2.49. The zero-order valence-electron chi connectivity index (χ0n) is 11.3. The van der Waals surface area contributed by atoms with E-state index >= 15 is 0 Å². The molecule has 0 unspecified atom stereocenters. The Labute approximate surface area is 125 Å². The molecule has 0 radical (unpaired) electrons. The monoisotopic (exact) mass is 311 g/mol. The van der Waals surface area contributed by atoms with E-state index in [2.05, 4.69) is 15.5 Å². The number of nitrogens with one attached hydrogen (secondary N) is 1. The summed E-state index contributed by atoms with van der Waals surface area (Å²) in [5, 5.41) is 14.7. The smallest absolute Gasteiger partial charge is 0.203 e. The summed E-state index contributed by atoms with van der Waals surface area (Å²) >= 11 is 7.43. The number of aromatic hydroxyl groups is 1. The summed E-state index contributed by atoms with van der Waals surface area (Å²) in [7, 11) is 1.46. The molecular formula is C13H14ClN3O2S. The lowest BCUT2D eigenvalue weighted by molar-refractivity contribution is 0.373. The second-order valence-corrected chi connectivity index (χ2v) is 5.69. The van der Waals surface area contributed by atoms with Crippen LogP contribution in [0.25, 0.3) is 0 Å². The first kappa shape index (κ1) is 14.6. The molecular weight excluding hydrogens is 298 g/mol. The Morgan fingerprint density at radius 1 is 1.45 bits per heavy atom. The molecule has 0 spiro atoms. The number of hydrogen-bond acceptors (Lipinski definition) is 6. The van der Waals surface area contributed by atoms with E-state index in [1.165, 1.54) is 18.4 Å². The van der Waals surface area contributed by atoms with Crippen molar-refractivity contribution in [1.82, 2.24) is 4.98 Å². The fourth-order valence-electron chi connectivity index (χ4n) is 1.51. The van der Waals surface area contributed by atoms with Crippen molar-refractivity contribution in [1.29, 1.82) is 0 Å². The van der Waals surface area contributed by atoms with Crippen LogP contribution in [0.4, 0.5) is 5.13 Å². The fraction of sp³-hybridized carbons (Fsp3) is 0.231. The molecule has 20 heavy (non-hydrogen) atoms. The standard InChI is InChI=1S/C13H14ClN3O2S/c1-7-8(2)20-13(16-7)17-15-6-9-4-10(14)12(18)11(5-9)19-3/h4-6,18H,1-3H3,(H,16,17)/b15-6-. The summed E-state index contributed by atoms with van der Waals surface area (Å²) in [6.07, 6.45) is 1.58. The highest BCUT2D eigenvalue weighted by atomic mass is 35.5. The van der Waals surface area contributed by atoms with Crippen LogP contribution in [-0.2, 0) is 0 Å². The summed E-state index contributed by atoms with van der Waals surface area (Å²) < 4.78 is 5.02. The molecule has 5 nitrogen and oxygen atoms in total. The van der Waals surface area contributed by atoms with E-state index in [4.69, 9.17) is 16.3 Å². The lowest BCUT2D eigenvalue weighted by atomic mass is 10.2. The first-order valence-corrected chi connectivity index (χ1v) is 7.00. The van der Waals surface area contributed by atoms with Crippen LogP contribution in [0.2, 0.25) is 5.02 Å². The van der Waals surface area contributed by atoms with Gasteiger partial charge in [0.2, 0.25) is 5.13 Å². The number of benzene rings is 1. The largest absolute Gasteiger partial charge is 0.503 e. The van der Waals surface area contributed by atoms with Gasteiger partial charge < -0.3 is 9.84 Å². The van der Waals surface area contributed by atoms with Crippen LogP contribution < -0.4 is 10.2 Å². The van der Waals surface area contributed by atoms with Crippen molar-refractivity contribution in [3.8, 4) is 11.5 Å². The van der Waals surface area contributed by atoms with E-state index in [0.717, 1.165) is 15.7 Å². The van der Waals surface area contributed by atoms with Crippen LogP contribution in [0, 0.1) is 13.8 Å². The van der Waals surface area contributed by atoms with Crippen molar-refractivity contribution >= 4 is 34.3 Å². The number of phenols is 1. The summed E-state index contributed by atoms with van der Waals surface area (Å²) in [4.78, 5) is 5.46. The average Bonchev–Trinajstić information content (AvgIpc) is 2.72. The van der Waals surface area contributed by atoms with Crippen LogP contribution in [0.5, 0.6) is 11.5 Å². The Morgan fingerprint density at radius 3 is 2.80 bits per heavy atom. The Morgan fingerprint density at radius 2 is 2.20 bits per heavy atom. The number of phenolic OH excluding ortho intramolecular Hbond substituents is 1. The summed E-state index contributed by atoms with van der Waals surface area (Å²) in [5.41, 5.74) is 4.56. The number of thiazole rings is 1. The van der Waals surface area contributed by atoms with E-state index in [9.17, 15) is 5.11 Å². The number of aryl methyl sites for hydroxylation is 2. The van der Waals surface area contributed by atoms with E-state index in [-0.39, 0.29) is 10.8 Å². The molecule has 2 rings (SSSR count). The molecule has 0 atom stereocenters. The van der Waals surface area contributed by atoms with Crippen molar-refractivity contribution in [2.75, 3.05) is 12.5 Å². The van der Waals surface area contributed by atoms with Gasteiger partial charge in [0, 0.05) is 4.88 Å². The predicted molar refractivity (Wildman–Crippen MR) is 82.5 cm³/mol. The van der Waals surface area contributed by atoms with Gasteiger partial charge in [-0.3, -0.25) is 5.43 Å². The molecule has 2 aromatic rings. The molecule has 0 bridgehead atoms. The molecule has 0 aliphatic carbocycles. The molecule has 0 aliphatic rings. The number of hydrazone groups is 1. The second-order valence-electron chi connectivity index (χ2n) is 4.08.